The fourth-order valence-corrected chi connectivity index (χ4v) is 2.22. The number of hydrogen-bond acceptors (Lipinski definition) is 2. The molecule has 0 saturated heterocycles. The summed E-state index contributed by atoms with van der Waals surface area (Å²) in [5, 5.41) is 0.702. The number of ketones is 1. The van der Waals surface area contributed by atoms with E-state index in [1.165, 1.54) is 0 Å². The minimum Gasteiger partial charge on any atom is -0.488 e. The van der Waals surface area contributed by atoms with Crippen molar-refractivity contribution >= 4 is 17.4 Å². The van der Waals surface area contributed by atoms with E-state index >= 15 is 0 Å². The van der Waals surface area contributed by atoms with Crippen molar-refractivity contribution in [2.45, 2.75) is 33.3 Å². The molecule has 0 radical (unpaired) electrons. The van der Waals surface area contributed by atoms with Gasteiger partial charge in [0.25, 0.3) is 0 Å². The maximum absolute atomic E-state index is 12.2. The van der Waals surface area contributed by atoms with E-state index in [1.54, 1.807) is 0 Å². The highest BCUT2D eigenvalue weighted by Crippen LogP contribution is 2.23. The molecule has 0 amide bonds. The summed E-state index contributed by atoms with van der Waals surface area (Å²) in [6, 6.07) is 13.2. The van der Waals surface area contributed by atoms with Gasteiger partial charge >= 0.3 is 0 Å². The molecule has 2 aromatic rings. The fourth-order valence-electron chi connectivity index (χ4n) is 2.09. The van der Waals surface area contributed by atoms with Crippen molar-refractivity contribution in [1.82, 2.24) is 0 Å². The Balaban J connectivity index is 2.15. The van der Waals surface area contributed by atoms with Crippen molar-refractivity contribution in [2.24, 2.45) is 0 Å². The molecule has 0 heterocycles. The van der Waals surface area contributed by atoms with Crippen molar-refractivity contribution in [2.75, 3.05) is 0 Å². The number of ether oxygens (including phenoxy) is 1. The Morgan fingerprint density at radius 3 is 2.52 bits per heavy atom. The molecule has 0 aromatic heterocycles. The van der Waals surface area contributed by atoms with E-state index in [2.05, 4.69) is 0 Å². The summed E-state index contributed by atoms with van der Waals surface area (Å²) in [4.78, 5) is 12.2. The van der Waals surface area contributed by atoms with E-state index in [-0.39, 0.29) is 5.78 Å². The van der Waals surface area contributed by atoms with Gasteiger partial charge in [-0.15, -0.1) is 0 Å². The third-order valence-corrected chi connectivity index (χ3v) is 3.47. The van der Waals surface area contributed by atoms with Crippen molar-refractivity contribution in [3.63, 3.8) is 0 Å². The number of aryl methyl sites for hydroxylation is 1. The Bertz CT molecular complexity index is 618. The molecule has 110 valence electrons. The average molecular weight is 303 g/mol. The lowest BCUT2D eigenvalue weighted by molar-refractivity contribution is 0.0977. The lowest BCUT2D eigenvalue weighted by atomic mass is 10.0. The molecule has 21 heavy (non-hydrogen) atoms. The first-order valence-corrected chi connectivity index (χ1v) is 7.49. The van der Waals surface area contributed by atoms with Crippen molar-refractivity contribution < 1.29 is 9.53 Å². The molecule has 0 atom stereocenters. The smallest absolute Gasteiger partial charge is 0.166 e. The Hall–Kier alpha value is -1.80. The molecule has 3 heteroatoms. The number of hydrogen-bond donors (Lipinski definition) is 0. The van der Waals surface area contributed by atoms with Gasteiger partial charge in [0.2, 0.25) is 0 Å². The molecule has 2 aromatic carbocycles. The molecule has 0 bridgehead atoms. The maximum atomic E-state index is 12.2. The lowest BCUT2D eigenvalue weighted by Crippen LogP contribution is -2.04. The molecule has 0 unspecified atom stereocenters. The van der Waals surface area contributed by atoms with Crippen LogP contribution in [0.1, 0.15) is 41.3 Å². The van der Waals surface area contributed by atoms with E-state index < -0.39 is 0 Å². The van der Waals surface area contributed by atoms with Crippen molar-refractivity contribution in [3.05, 3.63) is 64.2 Å². The van der Waals surface area contributed by atoms with Gasteiger partial charge in [0.1, 0.15) is 12.4 Å². The summed E-state index contributed by atoms with van der Waals surface area (Å²) in [5.74, 6) is 0.779. The van der Waals surface area contributed by atoms with Crippen LogP contribution in [0.4, 0.5) is 0 Å². The molecule has 0 N–H and O–H groups in total. The topological polar surface area (TPSA) is 26.3 Å². The zero-order valence-electron chi connectivity index (χ0n) is 12.4. The molecule has 0 saturated carbocycles. The van der Waals surface area contributed by atoms with Gasteiger partial charge in [0.15, 0.2) is 5.78 Å². The predicted octanol–water partition coefficient (Wildman–Crippen LogP) is 5.21. The zero-order chi connectivity index (χ0) is 15.2. The minimum atomic E-state index is 0.132. The molecule has 2 rings (SSSR count). The van der Waals surface area contributed by atoms with E-state index in [0.29, 0.717) is 29.4 Å². The Morgan fingerprint density at radius 1 is 1.14 bits per heavy atom. The van der Waals surface area contributed by atoms with Gasteiger partial charge in [-0.3, -0.25) is 4.79 Å². The van der Waals surface area contributed by atoms with Gasteiger partial charge in [0, 0.05) is 11.4 Å². The summed E-state index contributed by atoms with van der Waals surface area (Å²) in [5.41, 5.74) is 2.76. The van der Waals surface area contributed by atoms with Gasteiger partial charge in [-0.05, 0) is 43.2 Å². The van der Waals surface area contributed by atoms with Crippen LogP contribution in [0.15, 0.2) is 42.5 Å². The first-order chi connectivity index (χ1) is 10.1. The van der Waals surface area contributed by atoms with Crippen LogP contribution in [-0.4, -0.2) is 5.78 Å². The highest BCUT2D eigenvalue weighted by atomic mass is 35.5. The fraction of sp³-hybridized carbons (Fsp3) is 0.278. The van der Waals surface area contributed by atoms with Gasteiger partial charge < -0.3 is 4.74 Å². The summed E-state index contributed by atoms with van der Waals surface area (Å²) in [6.45, 7) is 4.40. The normalized spacial score (nSPS) is 10.4. The standard InChI is InChI=1S/C18H19ClO2/c1-3-4-17(20)16-11-13(2)5-10-18(16)21-12-14-6-8-15(19)9-7-14/h5-11H,3-4,12H2,1-2H3. The molecule has 2 nitrogen and oxygen atoms in total. The van der Waals surface area contributed by atoms with Gasteiger partial charge in [-0.25, -0.2) is 0 Å². The lowest BCUT2D eigenvalue weighted by Gasteiger charge is -2.12. The van der Waals surface area contributed by atoms with Crippen LogP contribution in [0.3, 0.4) is 0 Å². The molecule has 0 aliphatic carbocycles. The first kappa shape index (κ1) is 15.6. The van der Waals surface area contributed by atoms with Crippen LogP contribution in [0.5, 0.6) is 5.75 Å². The monoisotopic (exact) mass is 302 g/mol. The van der Waals surface area contributed by atoms with Crippen molar-refractivity contribution in [3.8, 4) is 5.75 Å². The first-order valence-electron chi connectivity index (χ1n) is 7.11. The third-order valence-electron chi connectivity index (χ3n) is 3.22. The molecule has 0 aliphatic heterocycles. The van der Waals surface area contributed by atoms with Gasteiger partial charge in [-0.2, -0.15) is 0 Å². The number of carbonyl (C=O) groups is 1. The van der Waals surface area contributed by atoms with Crippen molar-refractivity contribution in [1.29, 1.82) is 0 Å². The average Bonchev–Trinajstić information content (AvgIpc) is 2.48. The zero-order valence-corrected chi connectivity index (χ0v) is 13.1. The van der Waals surface area contributed by atoms with E-state index in [1.807, 2.05) is 56.3 Å². The summed E-state index contributed by atoms with van der Waals surface area (Å²) in [6.07, 6.45) is 1.38. The second-order valence-electron chi connectivity index (χ2n) is 5.09. The maximum Gasteiger partial charge on any atom is 0.166 e. The number of benzene rings is 2. The van der Waals surface area contributed by atoms with E-state index in [0.717, 1.165) is 17.5 Å². The second-order valence-corrected chi connectivity index (χ2v) is 5.52. The Labute approximate surface area is 130 Å². The number of halogens is 1. The SMILES string of the molecule is CCCC(=O)c1cc(C)ccc1OCc1ccc(Cl)cc1. The van der Waals surface area contributed by atoms with E-state index in [4.69, 9.17) is 16.3 Å². The molecule has 0 aliphatic rings. The highest BCUT2D eigenvalue weighted by Gasteiger charge is 2.12. The Morgan fingerprint density at radius 2 is 1.86 bits per heavy atom. The highest BCUT2D eigenvalue weighted by molar-refractivity contribution is 6.30. The van der Waals surface area contributed by atoms with Crippen LogP contribution >= 0.6 is 11.6 Å². The van der Waals surface area contributed by atoms with Gasteiger partial charge in [0.05, 0.1) is 5.56 Å². The largest absolute Gasteiger partial charge is 0.488 e. The Kier molecular flexibility index (Phi) is 5.40. The number of carbonyl (C=O) groups excluding carboxylic acids is 1. The molecule has 0 fully saturated rings. The van der Waals surface area contributed by atoms with Crippen LogP contribution in [0, 0.1) is 6.92 Å². The number of rotatable bonds is 6. The predicted molar refractivity (Wildman–Crippen MR) is 86.2 cm³/mol. The summed E-state index contributed by atoms with van der Waals surface area (Å²) < 4.78 is 5.82. The summed E-state index contributed by atoms with van der Waals surface area (Å²) >= 11 is 5.86. The minimum absolute atomic E-state index is 0.132. The van der Waals surface area contributed by atoms with Crippen LogP contribution in [0.25, 0.3) is 0 Å². The second kappa shape index (κ2) is 7.28. The summed E-state index contributed by atoms with van der Waals surface area (Å²) in [7, 11) is 0. The molecular weight excluding hydrogens is 284 g/mol. The molecular formula is C18H19ClO2. The van der Waals surface area contributed by atoms with Crippen LogP contribution in [-0.2, 0) is 6.61 Å². The van der Waals surface area contributed by atoms with Gasteiger partial charge in [-0.1, -0.05) is 42.3 Å². The third kappa shape index (κ3) is 4.33. The van der Waals surface area contributed by atoms with E-state index in [9.17, 15) is 4.79 Å². The molecule has 0 spiro atoms. The quantitative estimate of drug-likeness (QED) is 0.685. The number of Topliss-reactive ketones (excluding diaryl/α,β-unsaturated/α-hetero) is 1. The van der Waals surface area contributed by atoms with Crippen LogP contribution < -0.4 is 4.74 Å². The van der Waals surface area contributed by atoms with Crippen LogP contribution in [0.2, 0.25) is 5.02 Å².